The van der Waals surface area contributed by atoms with E-state index in [4.69, 9.17) is 0 Å². The van der Waals surface area contributed by atoms with Gasteiger partial charge >= 0.3 is 0 Å². The van der Waals surface area contributed by atoms with Gasteiger partial charge in [0.1, 0.15) is 0 Å². The van der Waals surface area contributed by atoms with Crippen LogP contribution in [0.1, 0.15) is 19.3 Å². The number of hydrogen-bond acceptors (Lipinski definition) is 4. The molecule has 0 aliphatic carbocycles. The maximum Gasteiger partial charge on any atom is 0.256 e. The highest BCUT2D eigenvalue weighted by molar-refractivity contribution is 6.12. The third-order valence-corrected chi connectivity index (χ3v) is 2.65. The molecule has 0 radical (unpaired) electrons. The molecule has 0 N–H and O–H groups in total. The fourth-order valence-corrected chi connectivity index (χ4v) is 1.42. The molecule has 2 heterocycles. The molecular formula is C11H14N2O4. The van der Waals surface area contributed by atoms with Crippen LogP contribution in [0.2, 0.25) is 0 Å². The normalized spacial score (nSPS) is 20.0. The van der Waals surface area contributed by atoms with Crippen LogP contribution in [0.3, 0.4) is 0 Å². The van der Waals surface area contributed by atoms with Gasteiger partial charge in [-0.3, -0.25) is 29.0 Å². The molecule has 2 aliphatic rings. The molecule has 6 nitrogen and oxygen atoms in total. The van der Waals surface area contributed by atoms with Crippen LogP contribution in [0.15, 0.2) is 12.2 Å². The standard InChI is InChI=1S/C6H7NO2.C5H7NO2/c1-4-3-5(8)7(2)6(4)9;1-6-4(7)2-3-5(6)8/h1,3H2,2H3;2-3H2,1H3. The first kappa shape index (κ1) is 13.1. The minimum absolute atomic E-state index is 0.0602. The summed E-state index contributed by atoms with van der Waals surface area (Å²) in [5, 5.41) is 0. The van der Waals surface area contributed by atoms with Gasteiger partial charge in [0.05, 0.1) is 6.42 Å². The van der Waals surface area contributed by atoms with Crippen LogP contribution < -0.4 is 0 Å². The van der Waals surface area contributed by atoms with E-state index >= 15 is 0 Å². The number of hydrogen-bond donors (Lipinski definition) is 0. The third kappa shape index (κ3) is 2.77. The highest BCUT2D eigenvalue weighted by Gasteiger charge is 2.28. The number of likely N-dealkylation sites (tertiary alicyclic amines) is 2. The zero-order valence-corrected chi connectivity index (χ0v) is 9.86. The monoisotopic (exact) mass is 238 g/mol. The topological polar surface area (TPSA) is 74.8 Å². The Kier molecular flexibility index (Phi) is 3.77. The summed E-state index contributed by atoms with van der Waals surface area (Å²) in [7, 11) is 2.97. The largest absolute Gasteiger partial charge is 0.286 e. The predicted molar refractivity (Wildman–Crippen MR) is 58.5 cm³/mol. The summed E-state index contributed by atoms with van der Waals surface area (Å²) in [6.45, 7) is 3.42. The molecule has 2 rings (SSSR count). The summed E-state index contributed by atoms with van der Waals surface area (Å²) < 4.78 is 0. The maximum atomic E-state index is 10.7. The smallest absolute Gasteiger partial charge is 0.256 e. The molecule has 2 saturated heterocycles. The number of imide groups is 2. The van der Waals surface area contributed by atoms with Gasteiger partial charge in [-0.15, -0.1) is 0 Å². The quantitative estimate of drug-likeness (QED) is 0.429. The van der Waals surface area contributed by atoms with Crippen LogP contribution in [-0.2, 0) is 19.2 Å². The SMILES string of the molecule is C=C1CC(=O)N(C)C1=O.CN1C(=O)CCC1=O. The molecule has 0 aromatic rings. The van der Waals surface area contributed by atoms with E-state index in [9.17, 15) is 19.2 Å². The van der Waals surface area contributed by atoms with Crippen molar-refractivity contribution in [3.05, 3.63) is 12.2 Å². The summed E-state index contributed by atoms with van der Waals surface area (Å²) in [6, 6.07) is 0. The number of likely N-dealkylation sites (N-methyl/N-ethyl adjacent to an activating group) is 1. The van der Waals surface area contributed by atoms with Crippen LogP contribution in [0.5, 0.6) is 0 Å². The molecule has 0 aromatic carbocycles. The van der Waals surface area contributed by atoms with Gasteiger partial charge in [0.25, 0.3) is 5.91 Å². The molecule has 6 heteroatoms. The van der Waals surface area contributed by atoms with Crippen molar-refractivity contribution in [1.82, 2.24) is 9.80 Å². The first-order valence-electron chi connectivity index (χ1n) is 5.12. The van der Waals surface area contributed by atoms with E-state index in [0.717, 1.165) is 4.90 Å². The van der Waals surface area contributed by atoms with Crippen LogP contribution in [0.4, 0.5) is 0 Å². The zero-order valence-electron chi connectivity index (χ0n) is 9.86. The molecule has 0 aromatic heterocycles. The summed E-state index contributed by atoms with van der Waals surface area (Å²) in [4.78, 5) is 44.6. The van der Waals surface area contributed by atoms with Crippen molar-refractivity contribution in [3.8, 4) is 0 Å². The van der Waals surface area contributed by atoms with Gasteiger partial charge in [0.2, 0.25) is 17.7 Å². The summed E-state index contributed by atoms with van der Waals surface area (Å²) in [6.07, 6.45) is 0.986. The van der Waals surface area contributed by atoms with Crippen molar-refractivity contribution in [2.45, 2.75) is 19.3 Å². The summed E-state index contributed by atoms with van der Waals surface area (Å²) in [5.74, 6) is -0.532. The fraction of sp³-hybridized carbons (Fsp3) is 0.455. The second-order valence-corrected chi connectivity index (χ2v) is 3.88. The second kappa shape index (κ2) is 4.90. The van der Waals surface area contributed by atoms with E-state index < -0.39 is 0 Å². The Morgan fingerprint density at radius 1 is 0.882 bits per heavy atom. The van der Waals surface area contributed by atoms with E-state index in [1.807, 2.05) is 0 Å². The Bertz CT molecular complexity index is 398. The average Bonchev–Trinajstić information content (AvgIpc) is 2.69. The maximum absolute atomic E-state index is 10.7. The lowest BCUT2D eigenvalue weighted by molar-refractivity contribution is -0.137. The van der Waals surface area contributed by atoms with E-state index in [1.54, 1.807) is 0 Å². The Morgan fingerprint density at radius 2 is 1.35 bits per heavy atom. The highest BCUT2D eigenvalue weighted by atomic mass is 16.2. The minimum Gasteiger partial charge on any atom is -0.286 e. The number of rotatable bonds is 0. The molecule has 2 aliphatic heterocycles. The zero-order chi connectivity index (χ0) is 13.2. The van der Waals surface area contributed by atoms with Gasteiger partial charge in [0.15, 0.2) is 0 Å². The van der Waals surface area contributed by atoms with Gasteiger partial charge in [-0.2, -0.15) is 0 Å². The number of amides is 4. The molecule has 4 amide bonds. The van der Waals surface area contributed by atoms with Crippen molar-refractivity contribution in [3.63, 3.8) is 0 Å². The molecule has 0 saturated carbocycles. The summed E-state index contributed by atoms with van der Waals surface area (Å²) in [5.41, 5.74) is 0.391. The molecule has 92 valence electrons. The lowest BCUT2D eigenvalue weighted by Crippen LogP contribution is -2.23. The molecular weight excluding hydrogens is 224 g/mol. The van der Waals surface area contributed by atoms with Gasteiger partial charge in [0, 0.05) is 32.5 Å². The van der Waals surface area contributed by atoms with Gasteiger partial charge < -0.3 is 0 Å². The Hall–Kier alpha value is -1.98. The lowest BCUT2D eigenvalue weighted by atomic mass is 10.3. The van der Waals surface area contributed by atoms with E-state index in [0.29, 0.717) is 18.4 Å². The lowest BCUT2D eigenvalue weighted by Gasteiger charge is -2.01. The fourth-order valence-electron chi connectivity index (χ4n) is 1.42. The Morgan fingerprint density at radius 3 is 1.47 bits per heavy atom. The third-order valence-electron chi connectivity index (χ3n) is 2.65. The Labute approximate surface area is 98.9 Å². The van der Waals surface area contributed by atoms with Crippen LogP contribution in [0, 0.1) is 0 Å². The van der Waals surface area contributed by atoms with Crippen LogP contribution >= 0.6 is 0 Å². The van der Waals surface area contributed by atoms with Gasteiger partial charge in [-0.05, 0) is 0 Å². The van der Waals surface area contributed by atoms with Crippen molar-refractivity contribution in [2.24, 2.45) is 0 Å². The number of carbonyl (C=O) groups excluding carboxylic acids is 4. The Balaban J connectivity index is 0.000000171. The summed E-state index contributed by atoms with van der Waals surface area (Å²) >= 11 is 0. The van der Waals surface area contributed by atoms with Gasteiger partial charge in [-0.1, -0.05) is 6.58 Å². The van der Waals surface area contributed by atoms with Crippen LogP contribution in [0.25, 0.3) is 0 Å². The van der Waals surface area contributed by atoms with E-state index in [2.05, 4.69) is 6.58 Å². The molecule has 0 bridgehead atoms. The molecule has 0 atom stereocenters. The number of carbonyl (C=O) groups is 4. The predicted octanol–water partition coefficient (Wildman–Crippen LogP) is -0.304. The average molecular weight is 238 g/mol. The number of nitrogens with zero attached hydrogens (tertiary/aromatic N) is 2. The van der Waals surface area contributed by atoms with E-state index in [-0.39, 0.29) is 30.0 Å². The molecule has 17 heavy (non-hydrogen) atoms. The second-order valence-electron chi connectivity index (χ2n) is 3.88. The van der Waals surface area contributed by atoms with Crippen LogP contribution in [-0.4, -0.2) is 47.5 Å². The van der Waals surface area contributed by atoms with E-state index in [1.165, 1.54) is 19.0 Å². The molecule has 0 unspecified atom stereocenters. The molecule has 0 spiro atoms. The van der Waals surface area contributed by atoms with Crippen molar-refractivity contribution in [1.29, 1.82) is 0 Å². The van der Waals surface area contributed by atoms with Gasteiger partial charge in [-0.25, -0.2) is 0 Å². The first-order valence-corrected chi connectivity index (χ1v) is 5.12. The minimum atomic E-state index is -0.250. The van der Waals surface area contributed by atoms with Crippen molar-refractivity contribution < 1.29 is 19.2 Å². The van der Waals surface area contributed by atoms with Crippen molar-refractivity contribution in [2.75, 3.05) is 14.1 Å². The van der Waals surface area contributed by atoms with Crippen molar-refractivity contribution >= 4 is 23.6 Å². The first-order chi connectivity index (χ1) is 7.84. The molecule has 2 fully saturated rings. The highest BCUT2D eigenvalue weighted by Crippen LogP contribution is 2.13.